The first-order chi connectivity index (χ1) is 13.2. The summed E-state index contributed by atoms with van der Waals surface area (Å²) in [6, 6.07) is 26.1. The molecule has 0 heterocycles. The molecule has 0 aliphatic carbocycles. The number of benzene rings is 3. The molecule has 0 atom stereocenters. The molecule has 0 bridgehead atoms. The van der Waals surface area contributed by atoms with Gasteiger partial charge in [0, 0.05) is 12.1 Å². The second-order valence-electron chi connectivity index (χ2n) is 6.16. The Hall–Kier alpha value is -2.85. The molecule has 3 aromatic rings. The highest BCUT2D eigenvalue weighted by molar-refractivity contribution is 7.80. The maximum atomic E-state index is 5.88. The van der Waals surface area contributed by atoms with Crippen LogP contribution >= 0.6 is 12.2 Å². The van der Waals surface area contributed by atoms with E-state index in [1.807, 2.05) is 54.6 Å². The van der Waals surface area contributed by atoms with Gasteiger partial charge in [0.15, 0.2) is 0 Å². The number of ether oxygens (including phenoxy) is 2. The molecule has 0 spiro atoms. The van der Waals surface area contributed by atoms with Crippen molar-refractivity contribution in [2.24, 2.45) is 0 Å². The monoisotopic (exact) mass is 377 g/mol. The van der Waals surface area contributed by atoms with Crippen LogP contribution in [0.2, 0.25) is 0 Å². The van der Waals surface area contributed by atoms with E-state index in [9.17, 15) is 0 Å². The molecule has 0 amide bonds. The highest BCUT2D eigenvalue weighted by atomic mass is 32.1. The Kier molecular flexibility index (Phi) is 6.83. The maximum absolute atomic E-state index is 5.88. The number of hydrogen-bond donors (Lipinski definition) is 1. The number of methoxy groups -OCH3 is 1. The quantitative estimate of drug-likeness (QED) is 0.572. The van der Waals surface area contributed by atoms with E-state index in [0.717, 1.165) is 40.6 Å². The lowest BCUT2D eigenvalue weighted by atomic mass is 10.1. The Bertz CT molecular complexity index is 863. The molecule has 0 saturated carbocycles. The summed E-state index contributed by atoms with van der Waals surface area (Å²) in [5, 5.41) is 3.32. The van der Waals surface area contributed by atoms with Crippen LogP contribution in [0.3, 0.4) is 0 Å². The minimum Gasteiger partial charge on any atom is -0.497 e. The summed E-state index contributed by atoms with van der Waals surface area (Å²) in [5.74, 6) is 1.69. The fourth-order valence-electron chi connectivity index (χ4n) is 2.68. The Morgan fingerprint density at radius 3 is 2.37 bits per heavy atom. The van der Waals surface area contributed by atoms with Gasteiger partial charge in [-0.05, 0) is 41.8 Å². The van der Waals surface area contributed by atoms with Crippen molar-refractivity contribution in [1.29, 1.82) is 0 Å². The fraction of sp³-hybridized carbons (Fsp3) is 0.174. The molecule has 0 aliphatic heterocycles. The van der Waals surface area contributed by atoms with Crippen LogP contribution in [0.1, 0.15) is 16.7 Å². The molecule has 3 aromatic carbocycles. The van der Waals surface area contributed by atoms with Gasteiger partial charge in [0.05, 0.1) is 7.11 Å². The maximum Gasteiger partial charge on any atom is 0.120 e. The highest BCUT2D eigenvalue weighted by Crippen LogP contribution is 2.16. The van der Waals surface area contributed by atoms with E-state index in [1.54, 1.807) is 7.11 Å². The van der Waals surface area contributed by atoms with Crippen molar-refractivity contribution in [3.8, 4) is 11.5 Å². The van der Waals surface area contributed by atoms with Gasteiger partial charge in [0.25, 0.3) is 0 Å². The van der Waals surface area contributed by atoms with Crippen molar-refractivity contribution in [2.75, 3.05) is 13.7 Å². The summed E-state index contributed by atoms with van der Waals surface area (Å²) in [6.45, 7) is 1.32. The van der Waals surface area contributed by atoms with Crippen LogP contribution in [0.25, 0.3) is 0 Å². The normalized spacial score (nSPS) is 10.3. The molecule has 0 unspecified atom stereocenters. The first kappa shape index (κ1) is 18.9. The molecule has 3 nitrogen and oxygen atoms in total. The first-order valence-electron chi connectivity index (χ1n) is 8.92. The van der Waals surface area contributed by atoms with Gasteiger partial charge in [-0.15, -0.1) is 0 Å². The predicted octanol–water partition coefficient (Wildman–Crippen LogP) is 4.78. The lowest BCUT2D eigenvalue weighted by Crippen LogP contribution is -2.24. The molecule has 1 N–H and O–H groups in total. The van der Waals surface area contributed by atoms with Crippen LogP contribution in [0.15, 0.2) is 78.9 Å². The Balaban J connectivity index is 1.50. The van der Waals surface area contributed by atoms with Gasteiger partial charge in [0.2, 0.25) is 0 Å². The predicted molar refractivity (Wildman–Crippen MR) is 114 cm³/mol. The lowest BCUT2D eigenvalue weighted by molar-refractivity contribution is 0.306. The van der Waals surface area contributed by atoms with Crippen molar-refractivity contribution in [2.45, 2.75) is 13.0 Å². The summed E-state index contributed by atoms with van der Waals surface area (Å²) in [4.78, 5) is 0.730. The summed E-state index contributed by atoms with van der Waals surface area (Å²) >= 11 is 5.53. The van der Waals surface area contributed by atoms with Gasteiger partial charge in [-0.3, -0.25) is 0 Å². The summed E-state index contributed by atoms with van der Waals surface area (Å²) in [6.07, 6.45) is 0.897. The number of hydrogen-bond acceptors (Lipinski definition) is 3. The first-order valence-corrected chi connectivity index (χ1v) is 9.33. The van der Waals surface area contributed by atoms with Crippen LogP contribution in [0, 0.1) is 0 Å². The molecular weight excluding hydrogens is 354 g/mol. The number of nitrogens with one attached hydrogen (secondary N) is 1. The minimum absolute atomic E-state index is 0.544. The fourth-order valence-corrected chi connectivity index (χ4v) is 2.91. The Labute approximate surface area is 166 Å². The van der Waals surface area contributed by atoms with Crippen molar-refractivity contribution in [1.82, 2.24) is 5.32 Å². The zero-order chi connectivity index (χ0) is 18.9. The van der Waals surface area contributed by atoms with Crippen LogP contribution in [-0.4, -0.2) is 18.6 Å². The zero-order valence-corrected chi connectivity index (χ0v) is 16.2. The smallest absolute Gasteiger partial charge is 0.120 e. The molecule has 0 aliphatic rings. The van der Waals surface area contributed by atoms with Crippen molar-refractivity contribution < 1.29 is 9.47 Å². The lowest BCUT2D eigenvalue weighted by Gasteiger charge is -2.11. The third-order valence-electron chi connectivity index (χ3n) is 4.20. The third-order valence-corrected chi connectivity index (χ3v) is 4.58. The van der Waals surface area contributed by atoms with E-state index >= 15 is 0 Å². The summed E-state index contributed by atoms with van der Waals surface area (Å²) < 4.78 is 11.1. The summed E-state index contributed by atoms with van der Waals surface area (Å²) in [5.41, 5.74) is 3.35. The van der Waals surface area contributed by atoms with E-state index in [1.165, 1.54) is 5.56 Å². The van der Waals surface area contributed by atoms with Gasteiger partial charge < -0.3 is 14.8 Å². The van der Waals surface area contributed by atoms with Crippen LogP contribution in [0.5, 0.6) is 11.5 Å². The van der Waals surface area contributed by atoms with E-state index in [2.05, 4.69) is 29.6 Å². The largest absolute Gasteiger partial charge is 0.497 e. The second kappa shape index (κ2) is 9.74. The zero-order valence-electron chi connectivity index (χ0n) is 15.4. The average Bonchev–Trinajstić information content (AvgIpc) is 2.73. The van der Waals surface area contributed by atoms with Gasteiger partial charge in [-0.2, -0.15) is 0 Å². The Morgan fingerprint density at radius 1 is 0.852 bits per heavy atom. The van der Waals surface area contributed by atoms with Crippen molar-refractivity contribution in [3.63, 3.8) is 0 Å². The van der Waals surface area contributed by atoms with E-state index in [4.69, 9.17) is 21.7 Å². The molecule has 27 heavy (non-hydrogen) atoms. The molecule has 4 heteroatoms. The van der Waals surface area contributed by atoms with Crippen molar-refractivity contribution in [3.05, 3.63) is 95.6 Å². The van der Waals surface area contributed by atoms with Gasteiger partial charge >= 0.3 is 0 Å². The number of thiocarbonyl (C=S) groups is 1. The SMILES string of the molecule is COc1ccc(CCNC(=S)c2cccc(OCc3ccccc3)c2)cc1. The van der Waals surface area contributed by atoms with E-state index < -0.39 is 0 Å². The van der Waals surface area contributed by atoms with Gasteiger partial charge in [-0.25, -0.2) is 0 Å². The Morgan fingerprint density at radius 2 is 1.63 bits per heavy atom. The number of rotatable bonds is 8. The van der Waals surface area contributed by atoms with Crippen LogP contribution in [0.4, 0.5) is 0 Å². The van der Waals surface area contributed by atoms with Crippen molar-refractivity contribution >= 4 is 17.2 Å². The van der Waals surface area contributed by atoms with Gasteiger partial charge in [-0.1, -0.05) is 66.8 Å². The third kappa shape index (κ3) is 5.83. The van der Waals surface area contributed by atoms with Crippen LogP contribution < -0.4 is 14.8 Å². The van der Waals surface area contributed by atoms with E-state index in [0.29, 0.717) is 6.61 Å². The highest BCUT2D eigenvalue weighted by Gasteiger charge is 2.04. The van der Waals surface area contributed by atoms with Gasteiger partial charge in [0.1, 0.15) is 23.1 Å². The standard InChI is InChI=1S/C23H23NO2S/c1-25-21-12-10-18(11-13-21)14-15-24-23(27)20-8-5-9-22(16-20)26-17-19-6-3-2-4-7-19/h2-13,16H,14-15,17H2,1H3,(H,24,27). The summed E-state index contributed by atoms with van der Waals surface area (Å²) in [7, 11) is 1.67. The molecule has 3 rings (SSSR count). The molecular formula is C23H23NO2S. The molecule has 0 aromatic heterocycles. The second-order valence-corrected chi connectivity index (χ2v) is 6.56. The molecule has 0 fully saturated rings. The van der Waals surface area contributed by atoms with Crippen LogP contribution in [-0.2, 0) is 13.0 Å². The minimum atomic E-state index is 0.544. The molecule has 138 valence electrons. The molecule has 0 radical (unpaired) electrons. The molecule has 0 saturated heterocycles. The van der Waals surface area contributed by atoms with E-state index in [-0.39, 0.29) is 0 Å². The average molecular weight is 378 g/mol. The topological polar surface area (TPSA) is 30.5 Å².